The van der Waals surface area contributed by atoms with E-state index in [1.165, 1.54) is 16.7 Å². The average Bonchev–Trinajstić information content (AvgIpc) is 3.40. The van der Waals surface area contributed by atoms with E-state index in [0.717, 1.165) is 87.0 Å². The number of aryl methyl sites for hydroxylation is 4. The summed E-state index contributed by atoms with van der Waals surface area (Å²) in [7, 11) is 0. The number of nitrogen functional groups attached to an aromatic ring is 1. The molecule has 3 aliphatic rings. The van der Waals surface area contributed by atoms with E-state index >= 15 is 0 Å². The van der Waals surface area contributed by atoms with Crippen molar-refractivity contribution in [2.24, 2.45) is 0 Å². The lowest BCUT2D eigenvalue weighted by atomic mass is 10.0. The topological polar surface area (TPSA) is 118 Å². The standard InChI is InChI=1S/C30H34N8O/c31-29-33-30(32-23-11-8-19-9-12-24(13-10-21(19)16-23)37-15-14-25(39)18-37)36-38(29)27-17-22-6-3-5-20-4-1-2-7-26(20)28(22)35-34-27/h1-2,4,7-8,11,16-17,24-25,39H,3,5-6,9-10,12-15,18H2,(H3,31,32,33,36)/t24?,25-/m0/s1. The smallest absolute Gasteiger partial charge is 0.248 e. The van der Waals surface area contributed by atoms with E-state index in [2.05, 4.69) is 73.0 Å². The second kappa shape index (κ2) is 10.1. The molecule has 0 bridgehead atoms. The van der Waals surface area contributed by atoms with Crippen molar-refractivity contribution in [3.05, 3.63) is 70.8 Å². The highest BCUT2D eigenvalue weighted by Crippen LogP contribution is 2.32. The van der Waals surface area contributed by atoms with E-state index in [1.807, 2.05) is 6.07 Å². The van der Waals surface area contributed by atoms with Gasteiger partial charge in [-0.2, -0.15) is 9.67 Å². The third-order valence-corrected chi connectivity index (χ3v) is 8.54. The van der Waals surface area contributed by atoms with E-state index < -0.39 is 0 Å². The highest BCUT2D eigenvalue weighted by Gasteiger charge is 2.28. The summed E-state index contributed by atoms with van der Waals surface area (Å²) in [4.78, 5) is 6.94. The van der Waals surface area contributed by atoms with Gasteiger partial charge >= 0.3 is 0 Å². The maximum Gasteiger partial charge on any atom is 0.248 e. The number of aliphatic hydroxyl groups excluding tert-OH is 1. The first kappa shape index (κ1) is 24.2. The largest absolute Gasteiger partial charge is 0.392 e. The van der Waals surface area contributed by atoms with Gasteiger partial charge in [0.05, 0.1) is 11.8 Å². The lowest BCUT2D eigenvalue weighted by Gasteiger charge is -2.26. The molecule has 7 rings (SSSR count). The Kier molecular flexibility index (Phi) is 6.25. The Bertz CT molecular complexity index is 1510. The molecule has 39 heavy (non-hydrogen) atoms. The molecule has 1 saturated heterocycles. The highest BCUT2D eigenvalue weighted by molar-refractivity contribution is 5.68. The van der Waals surface area contributed by atoms with Gasteiger partial charge in [-0.25, -0.2) is 0 Å². The number of aromatic nitrogens is 5. The van der Waals surface area contributed by atoms with Crippen molar-refractivity contribution in [3.8, 4) is 17.1 Å². The molecule has 9 heteroatoms. The average molecular weight is 523 g/mol. The Morgan fingerprint density at radius 3 is 2.59 bits per heavy atom. The first-order chi connectivity index (χ1) is 19.1. The van der Waals surface area contributed by atoms with Gasteiger partial charge in [-0.1, -0.05) is 30.3 Å². The van der Waals surface area contributed by atoms with Gasteiger partial charge in [0.1, 0.15) is 0 Å². The zero-order valence-electron chi connectivity index (χ0n) is 22.1. The van der Waals surface area contributed by atoms with E-state index in [0.29, 0.717) is 17.8 Å². The van der Waals surface area contributed by atoms with Gasteiger partial charge < -0.3 is 16.2 Å². The molecule has 4 aromatic rings. The number of fused-ring (bicyclic) bond motifs is 4. The number of rotatable bonds is 4. The number of likely N-dealkylation sites (tertiary alicyclic amines) is 1. The molecule has 2 aromatic heterocycles. The normalized spacial score (nSPS) is 20.9. The van der Waals surface area contributed by atoms with Crippen LogP contribution in [0.15, 0.2) is 48.5 Å². The number of aliphatic hydroxyl groups is 1. The van der Waals surface area contributed by atoms with Gasteiger partial charge in [-0.15, -0.1) is 15.3 Å². The third kappa shape index (κ3) is 4.77. The van der Waals surface area contributed by atoms with Crippen molar-refractivity contribution in [3.63, 3.8) is 0 Å². The fourth-order valence-electron chi connectivity index (χ4n) is 6.49. The van der Waals surface area contributed by atoms with Crippen molar-refractivity contribution in [2.45, 2.75) is 63.5 Å². The minimum absolute atomic E-state index is 0.167. The predicted octanol–water partition coefficient (Wildman–Crippen LogP) is 3.85. The fraction of sp³-hybridized carbons (Fsp3) is 0.400. The maximum atomic E-state index is 9.96. The van der Waals surface area contributed by atoms with Gasteiger partial charge in [-0.05, 0) is 91.8 Å². The van der Waals surface area contributed by atoms with Gasteiger partial charge in [0.2, 0.25) is 11.9 Å². The molecule has 9 nitrogen and oxygen atoms in total. The Morgan fingerprint density at radius 1 is 0.872 bits per heavy atom. The fourth-order valence-corrected chi connectivity index (χ4v) is 6.49. The highest BCUT2D eigenvalue weighted by atomic mass is 16.3. The minimum Gasteiger partial charge on any atom is -0.392 e. The number of anilines is 3. The summed E-state index contributed by atoms with van der Waals surface area (Å²) in [5.41, 5.74) is 14.6. The number of nitrogens with zero attached hydrogens (tertiary/aromatic N) is 6. The summed E-state index contributed by atoms with van der Waals surface area (Å²) in [6, 6.07) is 17.5. The first-order valence-electron chi connectivity index (χ1n) is 14.1. The maximum absolute atomic E-state index is 9.96. The Labute approximate surface area is 228 Å². The van der Waals surface area contributed by atoms with Crippen LogP contribution in [0, 0.1) is 0 Å². The lowest BCUT2D eigenvalue weighted by molar-refractivity contribution is 0.153. The number of β-amino-alcohol motifs (C(OH)–C–C–N with tert-alkyl or cyclic N) is 1. The zero-order chi connectivity index (χ0) is 26.3. The van der Waals surface area contributed by atoms with E-state index in [-0.39, 0.29) is 12.1 Å². The summed E-state index contributed by atoms with van der Waals surface area (Å²) in [6.07, 6.45) is 8.10. The Morgan fingerprint density at radius 2 is 1.72 bits per heavy atom. The van der Waals surface area contributed by atoms with Crippen molar-refractivity contribution in [1.82, 2.24) is 29.9 Å². The Hall–Kier alpha value is -3.82. The zero-order valence-corrected chi connectivity index (χ0v) is 22.1. The van der Waals surface area contributed by atoms with Crippen LogP contribution >= 0.6 is 0 Å². The van der Waals surface area contributed by atoms with Crippen LogP contribution < -0.4 is 11.1 Å². The third-order valence-electron chi connectivity index (χ3n) is 8.54. The number of nitrogens with two attached hydrogens (primary N) is 1. The molecule has 0 saturated carbocycles. The van der Waals surface area contributed by atoms with Crippen molar-refractivity contribution >= 4 is 17.6 Å². The predicted molar refractivity (Wildman–Crippen MR) is 151 cm³/mol. The van der Waals surface area contributed by atoms with Gasteiger partial charge in [0.25, 0.3) is 0 Å². The molecule has 200 valence electrons. The molecule has 3 heterocycles. The monoisotopic (exact) mass is 522 g/mol. The molecule has 2 aromatic carbocycles. The number of hydrogen-bond acceptors (Lipinski definition) is 8. The van der Waals surface area contributed by atoms with Crippen molar-refractivity contribution in [1.29, 1.82) is 0 Å². The molecule has 1 aliphatic heterocycles. The second-order valence-corrected chi connectivity index (χ2v) is 11.1. The summed E-state index contributed by atoms with van der Waals surface area (Å²) < 4.78 is 1.56. The van der Waals surface area contributed by atoms with Crippen molar-refractivity contribution in [2.75, 3.05) is 24.1 Å². The van der Waals surface area contributed by atoms with Crippen LogP contribution in [0.4, 0.5) is 17.6 Å². The van der Waals surface area contributed by atoms with Crippen LogP contribution in [0.25, 0.3) is 17.1 Å². The molecule has 0 amide bonds. The molecular weight excluding hydrogens is 488 g/mol. The molecule has 1 fully saturated rings. The summed E-state index contributed by atoms with van der Waals surface area (Å²) >= 11 is 0. The van der Waals surface area contributed by atoms with Crippen LogP contribution in [0.2, 0.25) is 0 Å². The quantitative estimate of drug-likeness (QED) is 0.346. The number of hydrogen-bond donors (Lipinski definition) is 3. The van der Waals surface area contributed by atoms with E-state index in [1.54, 1.807) is 4.68 Å². The molecule has 2 atom stereocenters. The summed E-state index contributed by atoms with van der Waals surface area (Å²) in [6.45, 7) is 1.82. The molecule has 0 radical (unpaired) electrons. The SMILES string of the molecule is Nc1nc(Nc2ccc3c(c2)CCC(N2CC[C@H](O)C2)CC3)nn1-c1cc2c(nn1)-c1ccccc1CCC2. The van der Waals surface area contributed by atoms with Gasteiger partial charge in [0.15, 0.2) is 5.82 Å². The van der Waals surface area contributed by atoms with Crippen LogP contribution in [-0.2, 0) is 25.7 Å². The van der Waals surface area contributed by atoms with Gasteiger partial charge in [-0.3, -0.25) is 4.90 Å². The minimum atomic E-state index is -0.167. The van der Waals surface area contributed by atoms with Crippen molar-refractivity contribution < 1.29 is 5.11 Å². The Balaban J connectivity index is 1.09. The molecule has 2 aliphatic carbocycles. The molecular formula is C30H34N8O. The van der Waals surface area contributed by atoms with Crippen LogP contribution in [0.5, 0.6) is 0 Å². The van der Waals surface area contributed by atoms with E-state index in [4.69, 9.17) is 5.73 Å². The summed E-state index contributed by atoms with van der Waals surface area (Å²) in [5.74, 6) is 1.28. The summed E-state index contributed by atoms with van der Waals surface area (Å²) in [5, 5.41) is 27.0. The van der Waals surface area contributed by atoms with Gasteiger partial charge in [0, 0.05) is 30.4 Å². The van der Waals surface area contributed by atoms with Crippen LogP contribution in [-0.4, -0.2) is 60.2 Å². The first-order valence-corrected chi connectivity index (χ1v) is 14.1. The van der Waals surface area contributed by atoms with Crippen LogP contribution in [0.1, 0.15) is 47.9 Å². The lowest BCUT2D eigenvalue weighted by Crippen LogP contribution is -2.34. The number of nitrogens with one attached hydrogen (secondary N) is 1. The van der Waals surface area contributed by atoms with E-state index in [9.17, 15) is 5.11 Å². The molecule has 0 spiro atoms. The number of benzene rings is 2. The van der Waals surface area contributed by atoms with Crippen LogP contribution in [0.3, 0.4) is 0 Å². The molecule has 4 N–H and O–H groups in total. The molecule has 1 unspecified atom stereocenters. The second-order valence-electron chi connectivity index (χ2n) is 11.1.